The summed E-state index contributed by atoms with van der Waals surface area (Å²) in [5.41, 5.74) is 4.27. The number of sulfonamides is 1. The summed E-state index contributed by atoms with van der Waals surface area (Å²) in [4.78, 5) is 11.2. The van der Waals surface area contributed by atoms with Gasteiger partial charge >= 0.3 is 0 Å². The van der Waals surface area contributed by atoms with Crippen LogP contribution in [-0.4, -0.2) is 25.0 Å². The van der Waals surface area contributed by atoms with Crippen molar-refractivity contribution in [2.75, 3.05) is 0 Å². The van der Waals surface area contributed by atoms with Crippen LogP contribution in [-0.2, 0) is 14.8 Å². The van der Waals surface area contributed by atoms with Gasteiger partial charge in [-0.3, -0.25) is 4.79 Å². The summed E-state index contributed by atoms with van der Waals surface area (Å²) in [6, 6.07) is 5.96. The molecule has 0 heterocycles. The van der Waals surface area contributed by atoms with Gasteiger partial charge in [0.2, 0.25) is 15.9 Å². The van der Waals surface area contributed by atoms with Crippen molar-refractivity contribution in [3.05, 3.63) is 29.8 Å². The van der Waals surface area contributed by atoms with Gasteiger partial charge in [-0.1, -0.05) is 19.1 Å². The topological polar surface area (TPSA) is 109 Å². The Kier molecular flexibility index (Phi) is 4.90. The number of rotatable bonds is 6. The summed E-state index contributed by atoms with van der Waals surface area (Å²) in [6.07, 6.45) is -0.252. The lowest BCUT2D eigenvalue weighted by molar-refractivity contribution is -0.122. The third-order valence-corrected chi connectivity index (χ3v) is 4.60. The average molecular weight is 300 g/mol. The van der Waals surface area contributed by atoms with Gasteiger partial charge in [-0.2, -0.15) is 4.72 Å². The molecular weight excluding hydrogens is 280 g/mol. The first-order valence-corrected chi connectivity index (χ1v) is 7.70. The first kappa shape index (κ1) is 16.6. The second-order valence-corrected chi connectivity index (χ2v) is 6.77. The van der Waals surface area contributed by atoms with E-state index in [0.717, 1.165) is 0 Å². The van der Waals surface area contributed by atoms with Crippen molar-refractivity contribution in [2.45, 2.75) is 43.7 Å². The van der Waals surface area contributed by atoms with Gasteiger partial charge in [0.15, 0.2) is 0 Å². The standard InChI is InChI=1S/C13H20N2O4S/c1-4-11(16)9-6-5-7-10(8-9)20(18,19)15-13(2,3)12(14)17/h5-8,11,15-16H,4H2,1-3H3,(H2,14,17). The van der Waals surface area contributed by atoms with Crippen LogP contribution in [0.2, 0.25) is 0 Å². The van der Waals surface area contributed by atoms with Crippen molar-refractivity contribution in [3.63, 3.8) is 0 Å². The minimum absolute atomic E-state index is 0.0168. The molecule has 0 spiro atoms. The molecule has 0 fully saturated rings. The maximum Gasteiger partial charge on any atom is 0.241 e. The molecule has 1 aromatic carbocycles. The highest BCUT2D eigenvalue weighted by Gasteiger charge is 2.31. The Morgan fingerprint density at radius 1 is 1.45 bits per heavy atom. The molecule has 1 amide bonds. The summed E-state index contributed by atoms with van der Waals surface area (Å²) in [6.45, 7) is 4.57. The van der Waals surface area contributed by atoms with Crippen molar-refractivity contribution in [1.82, 2.24) is 4.72 Å². The molecule has 0 aliphatic carbocycles. The van der Waals surface area contributed by atoms with Crippen LogP contribution in [0.4, 0.5) is 0 Å². The number of carbonyl (C=O) groups is 1. The molecule has 0 aromatic heterocycles. The van der Waals surface area contributed by atoms with Crippen molar-refractivity contribution >= 4 is 15.9 Å². The van der Waals surface area contributed by atoms with E-state index in [1.807, 2.05) is 0 Å². The maximum absolute atomic E-state index is 12.2. The SMILES string of the molecule is CCC(O)c1cccc(S(=O)(=O)NC(C)(C)C(N)=O)c1. The molecule has 1 aromatic rings. The maximum atomic E-state index is 12.2. The molecule has 1 rings (SSSR count). The number of nitrogens with two attached hydrogens (primary N) is 1. The highest BCUT2D eigenvalue weighted by Crippen LogP contribution is 2.20. The molecule has 112 valence electrons. The number of benzene rings is 1. The average Bonchev–Trinajstić information content (AvgIpc) is 2.36. The van der Waals surface area contributed by atoms with E-state index >= 15 is 0 Å². The van der Waals surface area contributed by atoms with Gasteiger partial charge in [-0.15, -0.1) is 0 Å². The molecule has 0 aliphatic heterocycles. The lowest BCUT2D eigenvalue weighted by Gasteiger charge is -2.22. The number of aliphatic hydroxyl groups excluding tert-OH is 1. The number of primary amides is 1. The number of nitrogens with one attached hydrogen (secondary N) is 1. The second-order valence-electron chi connectivity index (χ2n) is 5.09. The van der Waals surface area contributed by atoms with Gasteiger partial charge in [0.25, 0.3) is 0 Å². The Hall–Kier alpha value is -1.44. The van der Waals surface area contributed by atoms with Gasteiger partial charge in [-0.05, 0) is 38.0 Å². The predicted octanol–water partition coefficient (Wildman–Crippen LogP) is 0.672. The highest BCUT2D eigenvalue weighted by molar-refractivity contribution is 7.89. The quantitative estimate of drug-likeness (QED) is 0.717. The number of aliphatic hydroxyl groups is 1. The summed E-state index contributed by atoms with van der Waals surface area (Å²) in [7, 11) is -3.89. The second kappa shape index (κ2) is 5.90. The van der Waals surface area contributed by atoms with Crippen LogP contribution >= 0.6 is 0 Å². The summed E-state index contributed by atoms with van der Waals surface area (Å²) in [5.74, 6) is -0.772. The molecule has 0 aliphatic rings. The van der Waals surface area contributed by atoms with Crippen molar-refractivity contribution in [2.24, 2.45) is 5.73 Å². The Labute approximate surface area is 119 Å². The zero-order valence-electron chi connectivity index (χ0n) is 11.8. The summed E-state index contributed by atoms with van der Waals surface area (Å²) in [5, 5.41) is 9.75. The van der Waals surface area contributed by atoms with E-state index in [1.54, 1.807) is 19.1 Å². The molecule has 1 unspecified atom stereocenters. The monoisotopic (exact) mass is 300 g/mol. The molecule has 4 N–H and O–H groups in total. The van der Waals surface area contributed by atoms with Crippen LogP contribution in [0.15, 0.2) is 29.2 Å². The smallest absolute Gasteiger partial charge is 0.241 e. The molecule has 6 nitrogen and oxygen atoms in total. The van der Waals surface area contributed by atoms with E-state index in [9.17, 15) is 18.3 Å². The molecule has 0 radical (unpaired) electrons. The first-order valence-electron chi connectivity index (χ1n) is 6.22. The largest absolute Gasteiger partial charge is 0.388 e. The highest BCUT2D eigenvalue weighted by atomic mass is 32.2. The van der Waals surface area contributed by atoms with Gasteiger partial charge < -0.3 is 10.8 Å². The third-order valence-electron chi connectivity index (χ3n) is 2.95. The minimum atomic E-state index is -3.89. The Morgan fingerprint density at radius 2 is 2.05 bits per heavy atom. The normalized spacial score (nSPS) is 14.0. The molecule has 7 heteroatoms. The van der Waals surface area contributed by atoms with E-state index in [1.165, 1.54) is 26.0 Å². The van der Waals surface area contributed by atoms with Crippen molar-refractivity contribution in [1.29, 1.82) is 0 Å². The van der Waals surface area contributed by atoms with Crippen LogP contribution in [0.3, 0.4) is 0 Å². The molecule has 0 bridgehead atoms. The number of hydrogen-bond donors (Lipinski definition) is 3. The first-order chi connectivity index (χ1) is 9.10. The van der Waals surface area contributed by atoms with E-state index in [2.05, 4.69) is 4.72 Å². The lowest BCUT2D eigenvalue weighted by atomic mass is 10.1. The summed E-state index contributed by atoms with van der Waals surface area (Å²) < 4.78 is 26.7. The van der Waals surface area contributed by atoms with Crippen molar-refractivity contribution in [3.8, 4) is 0 Å². The Balaban J connectivity index is 3.14. The fourth-order valence-corrected chi connectivity index (χ4v) is 3.01. The summed E-state index contributed by atoms with van der Waals surface area (Å²) >= 11 is 0. The molecule has 1 atom stereocenters. The van der Waals surface area contributed by atoms with Crippen LogP contribution in [0.25, 0.3) is 0 Å². The van der Waals surface area contributed by atoms with Crippen LogP contribution in [0.1, 0.15) is 38.9 Å². The van der Waals surface area contributed by atoms with Gasteiger partial charge in [0.05, 0.1) is 11.0 Å². The van der Waals surface area contributed by atoms with Crippen LogP contribution in [0, 0.1) is 0 Å². The fourth-order valence-electron chi connectivity index (χ4n) is 1.57. The molecule has 20 heavy (non-hydrogen) atoms. The fraction of sp³-hybridized carbons (Fsp3) is 0.462. The molecular formula is C13H20N2O4S. The van der Waals surface area contributed by atoms with Gasteiger partial charge in [-0.25, -0.2) is 8.42 Å². The lowest BCUT2D eigenvalue weighted by Crippen LogP contribution is -2.52. The Morgan fingerprint density at radius 3 is 2.55 bits per heavy atom. The zero-order valence-corrected chi connectivity index (χ0v) is 12.6. The third kappa shape index (κ3) is 3.78. The van der Waals surface area contributed by atoms with Crippen molar-refractivity contribution < 1.29 is 18.3 Å². The van der Waals surface area contributed by atoms with E-state index < -0.39 is 27.6 Å². The van der Waals surface area contributed by atoms with E-state index in [-0.39, 0.29) is 4.90 Å². The zero-order chi connectivity index (χ0) is 15.6. The molecule has 0 saturated heterocycles. The minimum Gasteiger partial charge on any atom is -0.388 e. The van der Waals surface area contributed by atoms with Crippen LogP contribution in [0.5, 0.6) is 0 Å². The van der Waals surface area contributed by atoms with Crippen LogP contribution < -0.4 is 10.5 Å². The number of carbonyl (C=O) groups excluding carboxylic acids is 1. The van der Waals surface area contributed by atoms with Gasteiger partial charge in [0.1, 0.15) is 5.54 Å². The van der Waals surface area contributed by atoms with E-state index in [0.29, 0.717) is 12.0 Å². The molecule has 0 saturated carbocycles. The number of amides is 1. The predicted molar refractivity (Wildman–Crippen MR) is 75.3 cm³/mol. The number of hydrogen-bond acceptors (Lipinski definition) is 4. The van der Waals surface area contributed by atoms with Gasteiger partial charge in [0, 0.05) is 0 Å². The Bertz CT molecular complexity index is 596. The van der Waals surface area contributed by atoms with E-state index in [4.69, 9.17) is 5.73 Å².